The van der Waals surface area contributed by atoms with Crippen molar-refractivity contribution in [2.24, 2.45) is 17.3 Å². The van der Waals surface area contributed by atoms with E-state index in [0.29, 0.717) is 0 Å². The summed E-state index contributed by atoms with van der Waals surface area (Å²) in [6.45, 7) is 3.88. The van der Waals surface area contributed by atoms with Crippen LogP contribution in [0.5, 0.6) is 0 Å². The lowest BCUT2D eigenvalue weighted by molar-refractivity contribution is -0.143. The van der Waals surface area contributed by atoms with Crippen LogP contribution in [0.25, 0.3) is 0 Å². The molecule has 1 heterocycles. The van der Waals surface area contributed by atoms with Gasteiger partial charge in [-0.25, -0.2) is 0 Å². The maximum Gasteiger partial charge on any atom is 0.306 e. The van der Waals surface area contributed by atoms with E-state index in [2.05, 4.69) is 4.90 Å². The second kappa shape index (κ2) is 4.27. The zero-order valence-corrected chi connectivity index (χ0v) is 10.5. The summed E-state index contributed by atoms with van der Waals surface area (Å²) in [7, 11) is 0. The molecule has 1 saturated heterocycles. The van der Waals surface area contributed by atoms with Gasteiger partial charge in [0, 0.05) is 19.6 Å². The molecule has 0 atom stereocenters. The number of carboxylic acid groups (broad SMARTS) is 1. The fraction of sp³-hybridized carbons (Fsp3) is 0.929. The minimum absolute atomic E-state index is 0.0550. The first-order valence-corrected chi connectivity index (χ1v) is 7.12. The molecule has 0 radical (unpaired) electrons. The van der Waals surface area contributed by atoms with E-state index in [-0.39, 0.29) is 5.92 Å². The SMILES string of the molecule is O=C(O)C1CCC(CN2CC3(CCC3)C2)CC1. The predicted molar refractivity (Wildman–Crippen MR) is 65.8 cm³/mol. The van der Waals surface area contributed by atoms with Crippen molar-refractivity contribution in [3.63, 3.8) is 0 Å². The summed E-state index contributed by atoms with van der Waals surface area (Å²) in [6, 6.07) is 0. The Bertz CT molecular complexity index is 295. The minimum atomic E-state index is -0.583. The maximum absolute atomic E-state index is 10.9. The predicted octanol–water partition coefficient (Wildman–Crippen LogP) is 2.36. The van der Waals surface area contributed by atoms with E-state index in [9.17, 15) is 4.79 Å². The van der Waals surface area contributed by atoms with E-state index in [0.717, 1.165) is 37.0 Å². The van der Waals surface area contributed by atoms with E-state index >= 15 is 0 Å². The molecule has 3 rings (SSSR count). The Morgan fingerprint density at radius 2 is 1.82 bits per heavy atom. The highest BCUT2D eigenvalue weighted by Crippen LogP contribution is 2.48. The van der Waals surface area contributed by atoms with Gasteiger partial charge in [-0.05, 0) is 49.9 Å². The molecule has 3 nitrogen and oxygen atoms in total. The van der Waals surface area contributed by atoms with Gasteiger partial charge >= 0.3 is 5.97 Å². The molecule has 0 aromatic carbocycles. The second-order valence-corrected chi connectivity index (χ2v) is 6.58. The van der Waals surface area contributed by atoms with Gasteiger partial charge < -0.3 is 10.0 Å². The molecule has 3 fully saturated rings. The highest BCUT2D eigenvalue weighted by atomic mass is 16.4. The summed E-state index contributed by atoms with van der Waals surface area (Å²) in [5.41, 5.74) is 0.734. The molecule has 2 aliphatic carbocycles. The number of carbonyl (C=O) groups is 1. The monoisotopic (exact) mass is 237 g/mol. The third kappa shape index (κ3) is 2.22. The van der Waals surface area contributed by atoms with E-state index in [1.54, 1.807) is 0 Å². The highest BCUT2D eigenvalue weighted by Gasteiger charge is 2.47. The first kappa shape index (κ1) is 11.5. The van der Waals surface area contributed by atoms with Crippen LogP contribution in [0.4, 0.5) is 0 Å². The molecular formula is C14H23NO2. The van der Waals surface area contributed by atoms with Crippen molar-refractivity contribution in [1.82, 2.24) is 4.90 Å². The summed E-state index contributed by atoms with van der Waals surface area (Å²) in [5, 5.41) is 8.96. The van der Waals surface area contributed by atoms with Crippen molar-refractivity contribution < 1.29 is 9.90 Å². The van der Waals surface area contributed by atoms with E-state index in [4.69, 9.17) is 5.11 Å². The van der Waals surface area contributed by atoms with E-state index < -0.39 is 5.97 Å². The largest absolute Gasteiger partial charge is 0.481 e. The lowest BCUT2D eigenvalue weighted by atomic mass is 9.63. The van der Waals surface area contributed by atoms with Crippen molar-refractivity contribution in [3.8, 4) is 0 Å². The number of nitrogens with zero attached hydrogens (tertiary/aromatic N) is 1. The van der Waals surface area contributed by atoms with Crippen LogP contribution >= 0.6 is 0 Å². The molecule has 1 spiro atoms. The fourth-order valence-corrected chi connectivity index (χ4v) is 3.98. The molecule has 0 aromatic rings. The van der Waals surface area contributed by atoms with Crippen LogP contribution in [-0.4, -0.2) is 35.6 Å². The van der Waals surface area contributed by atoms with Gasteiger partial charge in [-0.2, -0.15) is 0 Å². The van der Waals surface area contributed by atoms with Gasteiger partial charge in [-0.1, -0.05) is 6.42 Å². The minimum Gasteiger partial charge on any atom is -0.481 e. The van der Waals surface area contributed by atoms with Gasteiger partial charge in [0.15, 0.2) is 0 Å². The molecule has 0 amide bonds. The first-order valence-electron chi connectivity index (χ1n) is 7.12. The van der Waals surface area contributed by atoms with Crippen LogP contribution in [0.3, 0.4) is 0 Å². The zero-order chi connectivity index (χ0) is 11.9. The molecule has 0 unspecified atom stereocenters. The fourth-order valence-electron chi connectivity index (χ4n) is 3.98. The summed E-state index contributed by atoms with van der Waals surface area (Å²) >= 11 is 0. The van der Waals surface area contributed by atoms with Gasteiger partial charge in [-0.15, -0.1) is 0 Å². The van der Waals surface area contributed by atoms with Gasteiger partial charge in [0.1, 0.15) is 0 Å². The Morgan fingerprint density at radius 3 is 2.29 bits per heavy atom. The van der Waals surface area contributed by atoms with Crippen LogP contribution in [0.1, 0.15) is 44.9 Å². The Morgan fingerprint density at radius 1 is 1.18 bits per heavy atom. The number of carboxylic acids is 1. The zero-order valence-electron chi connectivity index (χ0n) is 10.5. The molecule has 0 bridgehead atoms. The Hall–Kier alpha value is -0.570. The number of hydrogen-bond acceptors (Lipinski definition) is 2. The summed E-state index contributed by atoms with van der Waals surface area (Å²) in [4.78, 5) is 13.5. The van der Waals surface area contributed by atoms with E-state index in [1.165, 1.54) is 38.9 Å². The Kier molecular flexibility index (Phi) is 2.89. The number of likely N-dealkylation sites (tertiary alicyclic amines) is 1. The number of hydrogen-bond donors (Lipinski definition) is 1. The Labute approximate surface area is 103 Å². The average molecular weight is 237 g/mol. The van der Waals surface area contributed by atoms with Crippen molar-refractivity contribution in [2.45, 2.75) is 44.9 Å². The standard InChI is InChI=1S/C14H23NO2/c16-13(17)12-4-2-11(3-5-12)8-15-9-14(10-15)6-1-7-14/h11-12H,1-10H2,(H,16,17). The molecule has 0 aromatic heterocycles. The van der Waals surface area contributed by atoms with Crippen molar-refractivity contribution in [2.75, 3.05) is 19.6 Å². The molecule has 2 saturated carbocycles. The maximum atomic E-state index is 10.9. The number of aliphatic carboxylic acids is 1. The third-order valence-corrected chi connectivity index (χ3v) is 5.24. The number of rotatable bonds is 3. The Balaban J connectivity index is 1.38. The molecule has 1 N–H and O–H groups in total. The molecule has 17 heavy (non-hydrogen) atoms. The molecule has 96 valence electrons. The van der Waals surface area contributed by atoms with E-state index in [1.807, 2.05) is 0 Å². The molecule has 1 aliphatic heterocycles. The van der Waals surface area contributed by atoms with Crippen molar-refractivity contribution in [3.05, 3.63) is 0 Å². The van der Waals surface area contributed by atoms with Crippen molar-refractivity contribution in [1.29, 1.82) is 0 Å². The topological polar surface area (TPSA) is 40.5 Å². The van der Waals surface area contributed by atoms with Crippen molar-refractivity contribution >= 4 is 5.97 Å². The van der Waals surface area contributed by atoms with Gasteiger partial charge in [0.25, 0.3) is 0 Å². The molecule has 3 aliphatic rings. The third-order valence-electron chi connectivity index (χ3n) is 5.24. The van der Waals surface area contributed by atoms with Crippen LogP contribution < -0.4 is 0 Å². The smallest absolute Gasteiger partial charge is 0.306 e. The lowest BCUT2D eigenvalue weighted by Crippen LogP contribution is -2.60. The van der Waals surface area contributed by atoms with Crippen LogP contribution in [0.15, 0.2) is 0 Å². The molecular weight excluding hydrogens is 214 g/mol. The summed E-state index contributed by atoms with van der Waals surface area (Å²) < 4.78 is 0. The normalized spacial score (nSPS) is 36.2. The van der Waals surface area contributed by atoms with Crippen LogP contribution in [-0.2, 0) is 4.79 Å². The summed E-state index contributed by atoms with van der Waals surface area (Å²) in [5.74, 6) is 0.129. The van der Waals surface area contributed by atoms with Gasteiger partial charge in [0.2, 0.25) is 0 Å². The average Bonchev–Trinajstić information content (AvgIpc) is 2.20. The summed E-state index contributed by atoms with van der Waals surface area (Å²) in [6.07, 6.45) is 8.40. The molecule has 3 heteroatoms. The van der Waals surface area contributed by atoms with Crippen LogP contribution in [0, 0.1) is 17.3 Å². The highest BCUT2D eigenvalue weighted by molar-refractivity contribution is 5.69. The lowest BCUT2D eigenvalue weighted by Gasteiger charge is -2.57. The quantitative estimate of drug-likeness (QED) is 0.819. The van der Waals surface area contributed by atoms with Gasteiger partial charge in [0.05, 0.1) is 5.92 Å². The van der Waals surface area contributed by atoms with Crippen LogP contribution in [0.2, 0.25) is 0 Å². The first-order chi connectivity index (χ1) is 8.17. The second-order valence-electron chi connectivity index (χ2n) is 6.58. The van der Waals surface area contributed by atoms with Gasteiger partial charge in [-0.3, -0.25) is 4.79 Å².